The Labute approximate surface area is 121 Å². The smallest absolute Gasteiger partial charge is 0.341 e. The fourth-order valence-electron chi connectivity index (χ4n) is 2.19. The number of pyridine rings is 1. The maximum Gasteiger partial charge on any atom is 0.341 e. The van der Waals surface area contributed by atoms with Gasteiger partial charge in [-0.3, -0.25) is 0 Å². The third-order valence-electron chi connectivity index (χ3n) is 3.08. The van der Waals surface area contributed by atoms with Crippen molar-refractivity contribution >= 4 is 17.0 Å². The Kier molecular flexibility index (Phi) is 4.38. The van der Waals surface area contributed by atoms with E-state index in [1.54, 1.807) is 24.7 Å². The Bertz CT molecular complexity index is 715. The number of carboxylic acids is 1. The number of unbranched alkanes of at least 4 members (excludes halogenated alkanes) is 1. The van der Waals surface area contributed by atoms with Crippen molar-refractivity contribution in [3.8, 4) is 11.8 Å². The molecule has 0 fully saturated rings. The van der Waals surface area contributed by atoms with Crippen LogP contribution in [0.1, 0.15) is 35.8 Å². The van der Waals surface area contributed by atoms with Crippen molar-refractivity contribution in [2.75, 3.05) is 6.61 Å². The van der Waals surface area contributed by atoms with Crippen molar-refractivity contribution in [1.29, 1.82) is 5.26 Å². The van der Waals surface area contributed by atoms with E-state index in [0.29, 0.717) is 48.5 Å². The Morgan fingerprint density at radius 2 is 2.33 bits per heavy atom. The van der Waals surface area contributed by atoms with E-state index < -0.39 is 5.97 Å². The molecule has 0 amide bonds. The molecule has 2 aromatic heterocycles. The fraction of sp³-hybridized carbons (Fsp3) is 0.429. The zero-order valence-corrected chi connectivity index (χ0v) is 12.0. The highest BCUT2D eigenvalue weighted by molar-refractivity contribution is 5.99. The highest BCUT2D eigenvalue weighted by Crippen LogP contribution is 2.31. The second-order valence-electron chi connectivity index (χ2n) is 4.51. The summed E-state index contributed by atoms with van der Waals surface area (Å²) in [6.45, 7) is 4.35. The zero-order chi connectivity index (χ0) is 15.4. The average molecular weight is 288 g/mol. The summed E-state index contributed by atoms with van der Waals surface area (Å²) < 4.78 is 7.18. The van der Waals surface area contributed by atoms with Crippen LogP contribution in [-0.2, 0) is 6.54 Å². The van der Waals surface area contributed by atoms with E-state index in [-0.39, 0.29) is 5.56 Å². The maximum absolute atomic E-state index is 11.4. The van der Waals surface area contributed by atoms with Crippen molar-refractivity contribution in [1.82, 2.24) is 14.8 Å². The molecule has 7 heteroatoms. The largest absolute Gasteiger partial charge is 0.492 e. The summed E-state index contributed by atoms with van der Waals surface area (Å²) in [4.78, 5) is 15.7. The van der Waals surface area contributed by atoms with E-state index in [2.05, 4.69) is 16.2 Å². The molecule has 0 aliphatic rings. The average Bonchev–Trinajstić information content (AvgIpc) is 2.82. The number of carboxylic acid groups (broad SMARTS) is 1. The number of fused-ring (bicyclic) bond motifs is 1. The van der Waals surface area contributed by atoms with Gasteiger partial charge in [0.1, 0.15) is 11.3 Å². The van der Waals surface area contributed by atoms with Gasteiger partial charge in [-0.2, -0.15) is 10.4 Å². The predicted octanol–water partition coefficient (Wildman–Crippen LogP) is 2.14. The molecular weight excluding hydrogens is 272 g/mol. The fourth-order valence-corrected chi connectivity index (χ4v) is 2.19. The number of hydrogen-bond donors (Lipinski definition) is 1. The summed E-state index contributed by atoms with van der Waals surface area (Å²) in [5, 5.41) is 22.7. The molecule has 2 heterocycles. The summed E-state index contributed by atoms with van der Waals surface area (Å²) in [6, 6.07) is 2.08. The lowest BCUT2D eigenvalue weighted by molar-refractivity contribution is 0.0691. The number of rotatable bonds is 6. The zero-order valence-electron chi connectivity index (χ0n) is 12.0. The first-order chi connectivity index (χ1) is 10.1. The van der Waals surface area contributed by atoms with Gasteiger partial charge in [0.25, 0.3) is 0 Å². The molecule has 0 aliphatic carbocycles. The second kappa shape index (κ2) is 6.22. The first-order valence-electron chi connectivity index (χ1n) is 6.69. The van der Waals surface area contributed by atoms with Crippen LogP contribution >= 0.6 is 0 Å². The number of aryl methyl sites for hydroxylation is 2. The van der Waals surface area contributed by atoms with Gasteiger partial charge in [0.05, 0.1) is 30.0 Å². The topological polar surface area (TPSA) is 101 Å². The minimum absolute atomic E-state index is 0.0703. The van der Waals surface area contributed by atoms with Gasteiger partial charge in [-0.25, -0.2) is 14.5 Å². The first-order valence-corrected chi connectivity index (χ1v) is 6.69. The third-order valence-corrected chi connectivity index (χ3v) is 3.08. The third kappa shape index (κ3) is 2.79. The molecular formula is C14H16N4O3. The highest BCUT2D eigenvalue weighted by Gasteiger charge is 2.22. The molecule has 110 valence electrons. The van der Waals surface area contributed by atoms with Crippen LogP contribution in [0.15, 0.2) is 6.20 Å². The number of carbonyl (C=O) groups is 1. The van der Waals surface area contributed by atoms with Crippen LogP contribution in [0.25, 0.3) is 11.0 Å². The van der Waals surface area contributed by atoms with Gasteiger partial charge in [0, 0.05) is 13.0 Å². The van der Waals surface area contributed by atoms with Crippen LogP contribution in [0.4, 0.5) is 0 Å². The molecule has 0 saturated carbocycles. The summed E-state index contributed by atoms with van der Waals surface area (Å²) >= 11 is 0. The Hall–Kier alpha value is -2.62. The minimum atomic E-state index is -1.07. The van der Waals surface area contributed by atoms with Crippen LogP contribution in [-0.4, -0.2) is 32.4 Å². The van der Waals surface area contributed by atoms with Crippen molar-refractivity contribution in [2.45, 2.75) is 33.2 Å². The molecule has 7 nitrogen and oxygen atoms in total. The van der Waals surface area contributed by atoms with Gasteiger partial charge in [0.15, 0.2) is 5.65 Å². The molecule has 0 bridgehead atoms. The number of ether oxygens (including phenoxy) is 1. The first kappa shape index (κ1) is 14.8. The van der Waals surface area contributed by atoms with Crippen molar-refractivity contribution in [3.63, 3.8) is 0 Å². The summed E-state index contributed by atoms with van der Waals surface area (Å²) in [6.07, 6.45) is 2.66. The number of nitrogens with zero attached hydrogens (tertiary/aromatic N) is 4. The van der Waals surface area contributed by atoms with E-state index in [9.17, 15) is 9.90 Å². The van der Waals surface area contributed by atoms with Gasteiger partial charge < -0.3 is 9.84 Å². The molecule has 2 aromatic rings. The van der Waals surface area contributed by atoms with Crippen LogP contribution < -0.4 is 4.74 Å². The van der Waals surface area contributed by atoms with Gasteiger partial charge >= 0.3 is 5.97 Å². The van der Waals surface area contributed by atoms with Gasteiger partial charge in [-0.1, -0.05) is 0 Å². The molecule has 2 rings (SSSR count). The Morgan fingerprint density at radius 1 is 1.57 bits per heavy atom. The Balaban J connectivity index is 2.56. The summed E-state index contributed by atoms with van der Waals surface area (Å²) in [5.74, 6) is -0.762. The van der Waals surface area contributed by atoms with E-state index in [4.69, 9.17) is 10.00 Å². The SMILES string of the molecule is CCOc1c(C(=O)O)c(C)nc2c1cnn2CCCC#N. The Morgan fingerprint density at radius 3 is 2.95 bits per heavy atom. The van der Waals surface area contributed by atoms with Crippen molar-refractivity contribution in [3.05, 3.63) is 17.5 Å². The number of nitriles is 1. The van der Waals surface area contributed by atoms with E-state index in [1.807, 2.05) is 0 Å². The van der Waals surface area contributed by atoms with Gasteiger partial charge in [-0.05, 0) is 20.3 Å². The molecule has 0 unspecified atom stereocenters. The number of hydrogen-bond acceptors (Lipinski definition) is 5. The molecule has 0 saturated heterocycles. The highest BCUT2D eigenvalue weighted by atomic mass is 16.5. The van der Waals surface area contributed by atoms with Crippen LogP contribution in [0, 0.1) is 18.3 Å². The standard InChI is InChI=1S/C14H16N4O3/c1-3-21-12-10-8-16-18(7-5-4-6-15)13(10)17-9(2)11(12)14(19)20/h8H,3-5,7H2,1-2H3,(H,19,20). The molecule has 0 aromatic carbocycles. The normalized spacial score (nSPS) is 10.5. The van der Waals surface area contributed by atoms with Crippen molar-refractivity contribution in [2.24, 2.45) is 0 Å². The van der Waals surface area contributed by atoms with Crippen molar-refractivity contribution < 1.29 is 14.6 Å². The summed E-state index contributed by atoms with van der Waals surface area (Å²) in [7, 11) is 0. The molecule has 0 spiro atoms. The van der Waals surface area contributed by atoms with Crippen LogP contribution in [0.3, 0.4) is 0 Å². The van der Waals surface area contributed by atoms with Crippen LogP contribution in [0.5, 0.6) is 5.75 Å². The van der Waals surface area contributed by atoms with Gasteiger partial charge in [0.2, 0.25) is 0 Å². The molecule has 0 aliphatic heterocycles. The predicted molar refractivity (Wildman–Crippen MR) is 75.2 cm³/mol. The molecule has 0 atom stereocenters. The van der Waals surface area contributed by atoms with E-state index in [0.717, 1.165) is 0 Å². The number of aromatic nitrogens is 3. The second-order valence-corrected chi connectivity index (χ2v) is 4.51. The summed E-state index contributed by atoms with van der Waals surface area (Å²) in [5.41, 5.74) is 1.04. The molecule has 21 heavy (non-hydrogen) atoms. The monoisotopic (exact) mass is 288 g/mol. The molecule has 0 radical (unpaired) electrons. The quantitative estimate of drug-likeness (QED) is 0.817. The lowest BCUT2D eigenvalue weighted by Crippen LogP contribution is -2.09. The molecule has 1 N–H and O–H groups in total. The van der Waals surface area contributed by atoms with E-state index >= 15 is 0 Å². The van der Waals surface area contributed by atoms with Crippen LogP contribution in [0.2, 0.25) is 0 Å². The number of aromatic carboxylic acids is 1. The minimum Gasteiger partial charge on any atom is -0.492 e. The van der Waals surface area contributed by atoms with E-state index in [1.165, 1.54) is 0 Å². The maximum atomic E-state index is 11.4. The van der Waals surface area contributed by atoms with Gasteiger partial charge in [-0.15, -0.1) is 0 Å². The lowest BCUT2D eigenvalue weighted by Gasteiger charge is -2.11. The lowest BCUT2D eigenvalue weighted by atomic mass is 10.1.